The van der Waals surface area contributed by atoms with Crippen molar-refractivity contribution in [3.8, 4) is 17.2 Å². The molecule has 2 amide bonds. The summed E-state index contributed by atoms with van der Waals surface area (Å²) in [4.78, 5) is 26.2. The minimum absolute atomic E-state index is 0.0282. The van der Waals surface area contributed by atoms with E-state index < -0.39 is 11.8 Å². The number of carbonyl (C=O) groups is 2. The van der Waals surface area contributed by atoms with E-state index in [1.165, 1.54) is 27.4 Å². The number of carbonyl (C=O) groups excluding carboxylic acids is 2. The topological polar surface area (TPSA) is 115 Å². The van der Waals surface area contributed by atoms with Gasteiger partial charge in [0.1, 0.15) is 5.70 Å². The number of anilines is 1. The average molecular weight is 473 g/mol. The molecule has 0 saturated heterocycles. The first kappa shape index (κ1) is 23.4. The molecule has 1 aromatic heterocycles. The lowest BCUT2D eigenvalue weighted by Gasteiger charge is -2.14. The first-order valence-corrected chi connectivity index (χ1v) is 10.6. The summed E-state index contributed by atoms with van der Waals surface area (Å²) in [6.45, 7) is 0. The van der Waals surface area contributed by atoms with Crippen LogP contribution in [0, 0.1) is 0 Å². The normalized spacial score (nSPS) is 11.1. The Morgan fingerprint density at radius 2 is 1.63 bits per heavy atom. The minimum Gasteiger partial charge on any atom is -0.493 e. The van der Waals surface area contributed by atoms with E-state index in [-0.39, 0.29) is 5.70 Å². The molecule has 0 aliphatic rings. The van der Waals surface area contributed by atoms with Gasteiger partial charge in [-0.1, -0.05) is 18.2 Å². The van der Waals surface area contributed by atoms with Crippen LogP contribution in [0.25, 0.3) is 17.0 Å². The summed E-state index contributed by atoms with van der Waals surface area (Å²) in [5.74, 6) is 0.311. The highest BCUT2D eigenvalue weighted by atomic mass is 16.5. The van der Waals surface area contributed by atoms with Crippen LogP contribution in [-0.4, -0.2) is 43.3 Å². The Balaban J connectivity index is 1.71. The highest BCUT2D eigenvalue weighted by Gasteiger charge is 2.18. The second-order valence-electron chi connectivity index (χ2n) is 7.46. The van der Waals surface area contributed by atoms with Gasteiger partial charge in [0, 0.05) is 16.6 Å². The van der Waals surface area contributed by atoms with E-state index in [4.69, 9.17) is 14.2 Å². The number of benzene rings is 3. The number of fused-ring (bicyclic) bond motifs is 1. The quantitative estimate of drug-likeness (QED) is 0.334. The Bertz CT molecular complexity index is 1370. The van der Waals surface area contributed by atoms with Crippen LogP contribution >= 0.6 is 0 Å². The average Bonchev–Trinajstić information content (AvgIpc) is 3.36. The van der Waals surface area contributed by atoms with Crippen molar-refractivity contribution < 1.29 is 23.8 Å². The Kier molecular flexibility index (Phi) is 6.96. The lowest BCUT2D eigenvalue weighted by Crippen LogP contribution is -2.30. The van der Waals surface area contributed by atoms with Crippen molar-refractivity contribution in [1.82, 2.24) is 15.5 Å². The molecule has 0 atom stereocenters. The van der Waals surface area contributed by atoms with Crippen molar-refractivity contribution in [2.75, 3.05) is 26.6 Å². The van der Waals surface area contributed by atoms with Crippen molar-refractivity contribution in [3.05, 3.63) is 83.7 Å². The maximum absolute atomic E-state index is 13.3. The number of amides is 2. The molecule has 178 valence electrons. The van der Waals surface area contributed by atoms with E-state index in [0.29, 0.717) is 34.1 Å². The van der Waals surface area contributed by atoms with Crippen LogP contribution in [0.15, 0.2) is 72.6 Å². The Labute approximate surface area is 201 Å². The van der Waals surface area contributed by atoms with E-state index in [9.17, 15) is 9.59 Å². The lowest BCUT2D eigenvalue weighted by atomic mass is 10.1. The first-order chi connectivity index (χ1) is 17.0. The van der Waals surface area contributed by atoms with Crippen LogP contribution in [-0.2, 0) is 4.79 Å². The third-order valence-corrected chi connectivity index (χ3v) is 5.22. The summed E-state index contributed by atoms with van der Waals surface area (Å²) < 4.78 is 16.2. The fourth-order valence-electron chi connectivity index (χ4n) is 3.51. The van der Waals surface area contributed by atoms with Gasteiger partial charge in [-0.05, 0) is 54.1 Å². The van der Waals surface area contributed by atoms with Crippen molar-refractivity contribution in [1.29, 1.82) is 0 Å². The predicted molar refractivity (Wildman–Crippen MR) is 133 cm³/mol. The van der Waals surface area contributed by atoms with Gasteiger partial charge in [0.2, 0.25) is 5.75 Å². The van der Waals surface area contributed by atoms with Gasteiger partial charge in [-0.3, -0.25) is 14.7 Å². The molecule has 3 aromatic carbocycles. The molecule has 0 fully saturated rings. The molecule has 0 aliphatic carbocycles. The van der Waals surface area contributed by atoms with Crippen LogP contribution in [0.3, 0.4) is 0 Å². The maximum atomic E-state index is 13.3. The largest absolute Gasteiger partial charge is 0.493 e. The standard InChI is InChI=1S/C26H24N4O5/c1-33-22-12-16(13-23(34-2)24(22)35-3)11-21(29-25(31)17-7-5-4-6-8-17)26(32)28-19-9-10-20-18(14-19)15-27-30-20/h4-15H,1-3H3,(H,27,30)(H,28,32)(H,29,31)/b21-11+. The highest BCUT2D eigenvalue weighted by Crippen LogP contribution is 2.38. The lowest BCUT2D eigenvalue weighted by molar-refractivity contribution is -0.113. The molecule has 1 heterocycles. The molecule has 4 rings (SSSR count). The third kappa shape index (κ3) is 5.25. The van der Waals surface area contributed by atoms with Gasteiger partial charge in [-0.2, -0.15) is 5.10 Å². The Morgan fingerprint density at radius 1 is 0.914 bits per heavy atom. The molecule has 9 heteroatoms. The van der Waals surface area contributed by atoms with Gasteiger partial charge in [0.15, 0.2) is 11.5 Å². The number of nitrogens with one attached hydrogen (secondary N) is 3. The molecule has 0 spiro atoms. The second kappa shape index (κ2) is 10.4. The molecule has 0 saturated carbocycles. The molecule has 0 radical (unpaired) electrons. The first-order valence-electron chi connectivity index (χ1n) is 10.6. The maximum Gasteiger partial charge on any atom is 0.272 e. The second-order valence-corrected chi connectivity index (χ2v) is 7.46. The Morgan fingerprint density at radius 3 is 2.29 bits per heavy atom. The molecule has 0 aliphatic heterocycles. The molecule has 0 bridgehead atoms. The van der Waals surface area contributed by atoms with Crippen molar-refractivity contribution in [2.24, 2.45) is 0 Å². The molecule has 35 heavy (non-hydrogen) atoms. The zero-order chi connectivity index (χ0) is 24.8. The molecular weight excluding hydrogens is 448 g/mol. The van der Waals surface area contributed by atoms with Crippen molar-refractivity contribution in [3.63, 3.8) is 0 Å². The molecule has 0 unspecified atom stereocenters. The third-order valence-electron chi connectivity index (χ3n) is 5.22. The molecular formula is C26H24N4O5. The SMILES string of the molecule is COc1cc(/C=C(/NC(=O)c2ccccc2)C(=O)Nc2ccc3[nH]ncc3c2)cc(OC)c1OC. The van der Waals surface area contributed by atoms with Gasteiger partial charge in [-0.15, -0.1) is 0 Å². The van der Waals surface area contributed by atoms with Crippen LogP contribution < -0.4 is 24.8 Å². The fourth-order valence-corrected chi connectivity index (χ4v) is 3.51. The summed E-state index contributed by atoms with van der Waals surface area (Å²) in [5.41, 5.74) is 2.39. The van der Waals surface area contributed by atoms with Crippen LogP contribution in [0.5, 0.6) is 17.2 Å². The molecule has 9 nitrogen and oxygen atoms in total. The fraction of sp³-hybridized carbons (Fsp3) is 0.115. The number of hydrogen-bond donors (Lipinski definition) is 3. The zero-order valence-corrected chi connectivity index (χ0v) is 19.4. The number of methoxy groups -OCH3 is 3. The smallest absolute Gasteiger partial charge is 0.272 e. The van der Waals surface area contributed by atoms with Crippen LogP contribution in [0.4, 0.5) is 5.69 Å². The number of rotatable bonds is 8. The van der Waals surface area contributed by atoms with E-state index in [2.05, 4.69) is 20.8 Å². The highest BCUT2D eigenvalue weighted by molar-refractivity contribution is 6.11. The summed E-state index contributed by atoms with van der Waals surface area (Å²) in [6, 6.07) is 17.3. The number of aromatic nitrogens is 2. The monoisotopic (exact) mass is 472 g/mol. The van der Waals surface area contributed by atoms with Crippen LogP contribution in [0.2, 0.25) is 0 Å². The van der Waals surface area contributed by atoms with E-state index in [1.807, 2.05) is 12.1 Å². The van der Waals surface area contributed by atoms with Gasteiger partial charge >= 0.3 is 0 Å². The molecule has 3 N–H and O–H groups in total. The van der Waals surface area contributed by atoms with Crippen molar-refractivity contribution >= 4 is 34.5 Å². The summed E-state index contributed by atoms with van der Waals surface area (Å²) in [6.07, 6.45) is 3.20. The van der Waals surface area contributed by atoms with Gasteiger partial charge in [-0.25, -0.2) is 0 Å². The summed E-state index contributed by atoms with van der Waals surface area (Å²) >= 11 is 0. The molecule has 4 aromatic rings. The number of aromatic amines is 1. The number of nitrogens with zero attached hydrogens (tertiary/aromatic N) is 1. The van der Waals surface area contributed by atoms with Crippen LogP contribution in [0.1, 0.15) is 15.9 Å². The van der Waals surface area contributed by atoms with Gasteiger partial charge in [0.25, 0.3) is 11.8 Å². The van der Waals surface area contributed by atoms with E-state index >= 15 is 0 Å². The Hall–Kier alpha value is -4.79. The van der Waals surface area contributed by atoms with Gasteiger partial charge < -0.3 is 24.8 Å². The number of H-pyrrole nitrogens is 1. The summed E-state index contributed by atoms with van der Waals surface area (Å²) in [7, 11) is 4.51. The minimum atomic E-state index is -0.508. The van der Waals surface area contributed by atoms with Gasteiger partial charge in [0.05, 0.1) is 33.0 Å². The zero-order valence-electron chi connectivity index (χ0n) is 19.4. The van der Waals surface area contributed by atoms with Crippen molar-refractivity contribution in [2.45, 2.75) is 0 Å². The van der Waals surface area contributed by atoms with E-state index in [0.717, 1.165) is 10.9 Å². The predicted octanol–water partition coefficient (Wildman–Crippen LogP) is 4.00. The summed E-state index contributed by atoms with van der Waals surface area (Å²) in [5, 5.41) is 13.2. The van der Waals surface area contributed by atoms with E-state index in [1.54, 1.807) is 54.7 Å². The number of hydrogen-bond acceptors (Lipinski definition) is 6. The number of ether oxygens (including phenoxy) is 3.